The van der Waals surface area contributed by atoms with E-state index in [9.17, 15) is 4.39 Å². The molecule has 0 aliphatic carbocycles. The summed E-state index contributed by atoms with van der Waals surface area (Å²) in [5.41, 5.74) is 0. The Bertz CT molecular complexity index is 263. The van der Waals surface area contributed by atoms with Crippen molar-refractivity contribution in [2.45, 2.75) is 26.0 Å². The molecule has 0 spiro atoms. The molecule has 0 saturated heterocycles. The zero-order chi connectivity index (χ0) is 9.84. The Labute approximate surface area is 75.8 Å². The Kier molecular flexibility index (Phi) is 3.13. The van der Waals surface area contributed by atoms with Crippen molar-refractivity contribution in [1.29, 1.82) is 0 Å². The van der Waals surface area contributed by atoms with E-state index < -0.39 is 11.9 Å². The van der Waals surface area contributed by atoms with Crippen LogP contribution in [0, 0.1) is 5.82 Å². The number of aromatic nitrogens is 2. The summed E-state index contributed by atoms with van der Waals surface area (Å²) in [5.74, 6) is -0.162. The number of hydrogen-bond donors (Lipinski definition) is 2. The second-order valence-corrected chi connectivity index (χ2v) is 2.90. The third-order valence-electron chi connectivity index (χ3n) is 1.70. The summed E-state index contributed by atoms with van der Waals surface area (Å²) < 4.78 is 12.4. The van der Waals surface area contributed by atoms with E-state index in [0.717, 1.165) is 12.4 Å². The molecule has 0 saturated carbocycles. The molecular weight excluding hydrogens is 173 g/mol. The van der Waals surface area contributed by atoms with Crippen LogP contribution in [0.25, 0.3) is 0 Å². The predicted molar refractivity (Wildman–Crippen MR) is 46.8 cm³/mol. The highest BCUT2D eigenvalue weighted by atomic mass is 19.1. The lowest BCUT2D eigenvalue weighted by molar-refractivity contribution is 0.177. The smallest absolute Gasteiger partial charge is 0.223 e. The third-order valence-corrected chi connectivity index (χ3v) is 1.70. The van der Waals surface area contributed by atoms with Gasteiger partial charge in [0.15, 0.2) is 5.82 Å². The zero-order valence-electron chi connectivity index (χ0n) is 7.53. The van der Waals surface area contributed by atoms with Crippen molar-refractivity contribution in [2.24, 2.45) is 0 Å². The maximum atomic E-state index is 12.4. The molecule has 4 nitrogen and oxygen atoms in total. The summed E-state index contributed by atoms with van der Waals surface area (Å²) in [7, 11) is 0. The van der Waals surface area contributed by atoms with Gasteiger partial charge in [-0.1, -0.05) is 0 Å². The van der Waals surface area contributed by atoms with Gasteiger partial charge in [-0.05, 0) is 13.8 Å². The fourth-order valence-electron chi connectivity index (χ4n) is 0.711. The highest BCUT2D eigenvalue weighted by Gasteiger charge is 2.09. The lowest BCUT2D eigenvalue weighted by atomic mass is 10.2. The highest BCUT2D eigenvalue weighted by Crippen LogP contribution is 2.02. The summed E-state index contributed by atoms with van der Waals surface area (Å²) in [6.07, 6.45) is 1.64. The van der Waals surface area contributed by atoms with Gasteiger partial charge in [-0.15, -0.1) is 0 Å². The molecule has 0 fully saturated rings. The quantitative estimate of drug-likeness (QED) is 0.731. The van der Waals surface area contributed by atoms with Crippen LogP contribution in [-0.2, 0) is 0 Å². The molecule has 0 aliphatic heterocycles. The SMILES string of the molecule is CC(O)C(C)Nc1ncc(F)cn1. The lowest BCUT2D eigenvalue weighted by Gasteiger charge is -2.15. The van der Waals surface area contributed by atoms with Crippen LogP contribution < -0.4 is 5.32 Å². The van der Waals surface area contributed by atoms with E-state index in [1.54, 1.807) is 13.8 Å². The molecule has 1 aromatic rings. The number of nitrogens with zero attached hydrogens (tertiary/aromatic N) is 2. The van der Waals surface area contributed by atoms with Gasteiger partial charge in [0.2, 0.25) is 5.95 Å². The van der Waals surface area contributed by atoms with Crippen molar-refractivity contribution in [3.05, 3.63) is 18.2 Å². The van der Waals surface area contributed by atoms with Gasteiger partial charge >= 0.3 is 0 Å². The summed E-state index contributed by atoms with van der Waals surface area (Å²) in [5, 5.41) is 12.0. The van der Waals surface area contributed by atoms with Crippen LogP contribution in [0.4, 0.5) is 10.3 Å². The van der Waals surface area contributed by atoms with E-state index in [-0.39, 0.29) is 6.04 Å². The predicted octanol–water partition coefficient (Wildman–Crippen LogP) is 0.797. The summed E-state index contributed by atoms with van der Waals surface area (Å²) in [6.45, 7) is 3.44. The number of nitrogens with one attached hydrogen (secondary N) is 1. The van der Waals surface area contributed by atoms with Gasteiger partial charge in [-0.2, -0.15) is 0 Å². The first kappa shape index (κ1) is 9.85. The van der Waals surface area contributed by atoms with Gasteiger partial charge in [0.25, 0.3) is 0 Å². The maximum absolute atomic E-state index is 12.4. The molecule has 5 heteroatoms. The number of aliphatic hydroxyl groups is 1. The third kappa shape index (κ3) is 2.95. The average Bonchev–Trinajstić information content (AvgIpc) is 2.08. The van der Waals surface area contributed by atoms with Crippen LogP contribution in [0.15, 0.2) is 12.4 Å². The Hall–Kier alpha value is -1.23. The lowest BCUT2D eigenvalue weighted by Crippen LogP contribution is -2.28. The molecule has 1 heterocycles. The normalized spacial score (nSPS) is 15.1. The molecule has 0 aliphatic rings. The Morgan fingerprint density at radius 1 is 1.38 bits per heavy atom. The molecule has 0 amide bonds. The van der Waals surface area contributed by atoms with E-state index >= 15 is 0 Å². The van der Waals surface area contributed by atoms with E-state index in [1.807, 2.05) is 0 Å². The zero-order valence-corrected chi connectivity index (χ0v) is 7.53. The second-order valence-electron chi connectivity index (χ2n) is 2.90. The first-order chi connectivity index (χ1) is 6.09. The van der Waals surface area contributed by atoms with Crippen molar-refractivity contribution in [3.63, 3.8) is 0 Å². The molecule has 0 radical (unpaired) electrons. The molecule has 0 aromatic carbocycles. The van der Waals surface area contributed by atoms with Gasteiger partial charge in [0, 0.05) is 0 Å². The van der Waals surface area contributed by atoms with E-state index in [2.05, 4.69) is 15.3 Å². The number of rotatable bonds is 3. The van der Waals surface area contributed by atoms with Crippen molar-refractivity contribution in [3.8, 4) is 0 Å². The van der Waals surface area contributed by atoms with Crippen LogP contribution >= 0.6 is 0 Å². The largest absolute Gasteiger partial charge is 0.391 e. The number of anilines is 1. The van der Waals surface area contributed by atoms with Gasteiger partial charge < -0.3 is 10.4 Å². The van der Waals surface area contributed by atoms with Crippen molar-refractivity contribution in [1.82, 2.24) is 9.97 Å². The first-order valence-corrected chi connectivity index (χ1v) is 4.01. The van der Waals surface area contributed by atoms with Gasteiger partial charge in [0.1, 0.15) is 0 Å². The molecule has 2 atom stereocenters. The average molecular weight is 185 g/mol. The molecule has 0 bridgehead atoms. The maximum Gasteiger partial charge on any atom is 0.223 e. The van der Waals surface area contributed by atoms with E-state index in [1.165, 1.54) is 0 Å². The van der Waals surface area contributed by atoms with Gasteiger partial charge in [-0.25, -0.2) is 14.4 Å². The summed E-state index contributed by atoms with van der Waals surface area (Å²) in [6, 6.07) is -0.162. The van der Waals surface area contributed by atoms with Crippen molar-refractivity contribution >= 4 is 5.95 Å². The topological polar surface area (TPSA) is 58.0 Å². The number of hydrogen-bond acceptors (Lipinski definition) is 4. The van der Waals surface area contributed by atoms with E-state index in [4.69, 9.17) is 5.11 Å². The standard InChI is InChI=1S/C8H12FN3O/c1-5(6(2)13)12-8-10-3-7(9)4-11-8/h3-6,13H,1-2H3,(H,10,11,12). The Balaban J connectivity index is 2.59. The van der Waals surface area contributed by atoms with Gasteiger partial charge in [0.05, 0.1) is 24.5 Å². The molecule has 1 aromatic heterocycles. The number of halogens is 1. The minimum absolute atomic E-state index is 0.162. The van der Waals surface area contributed by atoms with Crippen LogP contribution in [0.5, 0.6) is 0 Å². The van der Waals surface area contributed by atoms with Crippen molar-refractivity contribution in [2.75, 3.05) is 5.32 Å². The fourth-order valence-corrected chi connectivity index (χ4v) is 0.711. The minimum Gasteiger partial charge on any atom is -0.391 e. The second kappa shape index (κ2) is 4.13. The Morgan fingerprint density at radius 3 is 2.38 bits per heavy atom. The van der Waals surface area contributed by atoms with Crippen LogP contribution in [0.2, 0.25) is 0 Å². The highest BCUT2D eigenvalue weighted by molar-refractivity contribution is 5.24. The number of aliphatic hydroxyl groups excluding tert-OH is 1. The first-order valence-electron chi connectivity index (χ1n) is 4.01. The van der Waals surface area contributed by atoms with Crippen LogP contribution in [0.3, 0.4) is 0 Å². The van der Waals surface area contributed by atoms with Crippen LogP contribution in [-0.4, -0.2) is 27.2 Å². The van der Waals surface area contributed by atoms with Gasteiger partial charge in [-0.3, -0.25) is 0 Å². The molecule has 72 valence electrons. The summed E-state index contributed by atoms with van der Waals surface area (Å²) in [4.78, 5) is 7.38. The fraction of sp³-hybridized carbons (Fsp3) is 0.500. The summed E-state index contributed by atoms with van der Waals surface area (Å²) >= 11 is 0. The monoisotopic (exact) mass is 185 g/mol. The van der Waals surface area contributed by atoms with Crippen LogP contribution in [0.1, 0.15) is 13.8 Å². The molecule has 2 N–H and O–H groups in total. The Morgan fingerprint density at radius 2 is 1.92 bits per heavy atom. The molecule has 1 rings (SSSR count). The molecule has 13 heavy (non-hydrogen) atoms. The molecule has 2 unspecified atom stereocenters. The van der Waals surface area contributed by atoms with Crippen molar-refractivity contribution < 1.29 is 9.50 Å². The molecular formula is C8H12FN3O. The minimum atomic E-state index is -0.506. The van der Waals surface area contributed by atoms with E-state index in [0.29, 0.717) is 5.95 Å².